The van der Waals surface area contributed by atoms with Crippen molar-refractivity contribution in [3.05, 3.63) is 65.2 Å². The van der Waals surface area contributed by atoms with Crippen LogP contribution in [-0.4, -0.2) is 18.7 Å². The molecule has 1 aliphatic rings. The topological polar surface area (TPSA) is 37.4 Å². The molecule has 0 bridgehead atoms. The fourth-order valence-electron chi connectivity index (χ4n) is 3.23. The third-order valence-corrected chi connectivity index (χ3v) is 4.75. The number of hydrogen-bond donors (Lipinski definition) is 0. The number of fused-ring (bicyclic) bond motifs is 1. The predicted octanol–water partition coefficient (Wildman–Crippen LogP) is 4.19. The first kappa shape index (κ1) is 16.4. The lowest BCUT2D eigenvalue weighted by atomic mass is 9.89. The number of Topliss-reactive ketones (excluding diaryl/α,β-unsaturated/α-hetero) is 1. The first-order valence-electron chi connectivity index (χ1n) is 8.62. The maximum absolute atomic E-state index is 12.4. The summed E-state index contributed by atoms with van der Waals surface area (Å²) in [4.78, 5) is 26.3. The van der Waals surface area contributed by atoms with Gasteiger partial charge in [-0.1, -0.05) is 30.3 Å². The maximum atomic E-state index is 12.4. The van der Waals surface area contributed by atoms with Gasteiger partial charge in [-0.3, -0.25) is 9.59 Å². The summed E-state index contributed by atoms with van der Waals surface area (Å²) in [6, 6.07) is 15.5. The van der Waals surface area contributed by atoms with Crippen molar-refractivity contribution < 1.29 is 9.59 Å². The molecule has 24 heavy (non-hydrogen) atoms. The Bertz CT molecular complexity index is 737. The van der Waals surface area contributed by atoms with Gasteiger partial charge in [0.25, 0.3) is 0 Å². The van der Waals surface area contributed by atoms with Gasteiger partial charge in [-0.2, -0.15) is 0 Å². The second-order valence-corrected chi connectivity index (χ2v) is 6.40. The molecule has 3 rings (SSSR count). The molecule has 0 saturated heterocycles. The van der Waals surface area contributed by atoms with Crippen LogP contribution in [0.3, 0.4) is 0 Å². The Morgan fingerprint density at radius 3 is 2.38 bits per heavy atom. The lowest BCUT2D eigenvalue weighted by Crippen LogP contribution is -2.26. The Hall–Kier alpha value is -2.42. The maximum Gasteiger partial charge on any atom is 0.227 e. The minimum atomic E-state index is -0.0347. The Morgan fingerprint density at radius 2 is 1.62 bits per heavy atom. The number of nitrogens with zero attached hydrogens (tertiary/aromatic N) is 1. The van der Waals surface area contributed by atoms with Crippen molar-refractivity contribution in [3.63, 3.8) is 0 Å². The van der Waals surface area contributed by atoms with Gasteiger partial charge in [-0.25, -0.2) is 0 Å². The largest absolute Gasteiger partial charge is 0.315 e. The average molecular weight is 321 g/mol. The highest BCUT2D eigenvalue weighted by Gasteiger charge is 2.16. The van der Waals surface area contributed by atoms with Crippen LogP contribution in [0.2, 0.25) is 0 Å². The van der Waals surface area contributed by atoms with E-state index in [1.807, 2.05) is 42.5 Å². The van der Waals surface area contributed by atoms with Crippen molar-refractivity contribution in [1.82, 2.24) is 0 Å². The summed E-state index contributed by atoms with van der Waals surface area (Å²) in [5.41, 5.74) is 4.27. The Labute approximate surface area is 143 Å². The van der Waals surface area contributed by atoms with E-state index in [4.69, 9.17) is 0 Å². The zero-order valence-corrected chi connectivity index (χ0v) is 14.1. The number of rotatable bonds is 5. The molecule has 2 aromatic rings. The van der Waals surface area contributed by atoms with E-state index < -0.39 is 0 Å². The number of ketones is 1. The fraction of sp³-hybridized carbons (Fsp3) is 0.333. The van der Waals surface area contributed by atoms with Crippen LogP contribution >= 0.6 is 0 Å². The van der Waals surface area contributed by atoms with Crippen LogP contribution in [0.25, 0.3) is 0 Å². The molecular weight excluding hydrogens is 298 g/mol. The van der Waals surface area contributed by atoms with Crippen LogP contribution in [0.15, 0.2) is 48.5 Å². The molecule has 2 aromatic carbocycles. The summed E-state index contributed by atoms with van der Waals surface area (Å²) >= 11 is 0. The van der Waals surface area contributed by atoms with Crippen molar-refractivity contribution >= 4 is 17.4 Å². The number of anilines is 1. The summed E-state index contributed by atoms with van der Waals surface area (Å²) in [6.07, 6.45) is 5.11. The summed E-state index contributed by atoms with van der Waals surface area (Å²) < 4.78 is 0. The molecule has 0 atom stereocenters. The molecule has 3 nitrogen and oxygen atoms in total. The van der Waals surface area contributed by atoms with Crippen LogP contribution in [0.4, 0.5) is 5.69 Å². The molecule has 1 aliphatic carbocycles. The number of benzene rings is 2. The first-order valence-corrected chi connectivity index (χ1v) is 8.62. The number of carbonyl (C=O) groups excluding carboxylic acids is 2. The Morgan fingerprint density at radius 1 is 0.917 bits per heavy atom. The highest BCUT2D eigenvalue weighted by Crippen LogP contribution is 2.23. The molecule has 0 spiro atoms. The minimum absolute atomic E-state index is 0.0347. The molecule has 0 fully saturated rings. The molecule has 3 heteroatoms. The van der Waals surface area contributed by atoms with E-state index in [0.717, 1.165) is 24.1 Å². The van der Waals surface area contributed by atoms with Crippen molar-refractivity contribution in [2.45, 2.75) is 38.5 Å². The summed E-state index contributed by atoms with van der Waals surface area (Å²) in [6.45, 7) is 0. The van der Waals surface area contributed by atoms with Gasteiger partial charge >= 0.3 is 0 Å². The molecule has 0 saturated carbocycles. The second kappa shape index (κ2) is 7.43. The van der Waals surface area contributed by atoms with E-state index >= 15 is 0 Å². The van der Waals surface area contributed by atoms with E-state index in [0.29, 0.717) is 0 Å². The molecule has 0 heterocycles. The van der Waals surface area contributed by atoms with Crippen LogP contribution in [0.5, 0.6) is 0 Å². The quantitative estimate of drug-likeness (QED) is 0.774. The Kier molecular flexibility index (Phi) is 5.09. The number of hydrogen-bond acceptors (Lipinski definition) is 2. The third kappa shape index (κ3) is 3.73. The predicted molar refractivity (Wildman–Crippen MR) is 96.5 cm³/mol. The van der Waals surface area contributed by atoms with Crippen molar-refractivity contribution in [2.24, 2.45) is 0 Å². The molecular formula is C21H23NO2. The van der Waals surface area contributed by atoms with Gasteiger partial charge < -0.3 is 4.90 Å². The zero-order valence-electron chi connectivity index (χ0n) is 14.1. The van der Waals surface area contributed by atoms with Crippen molar-refractivity contribution in [1.29, 1.82) is 0 Å². The lowest BCUT2D eigenvalue weighted by Gasteiger charge is -2.18. The van der Waals surface area contributed by atoms with Gasteiger partial charge in [0.05, 0.1) is 0 Å². The molecule has 0 aliphatic heterocycles. The number of carbonyl (C=O) groups is 2. The summed E-state index contributed by atoms with van der Waals surface area (Å²) in [5.74, 6) is 0.0192. The average Bonchev–Trinajstić information content (AvgIpc) is 2.65. The van der Waals surface area contributed by atoms with Gasteiger partial charge in [0.15, 0.2) is 5.78 Å². The fourth-order valence-corrected chi connectivity index (χ4v) is 3.23. The highest BCUT2D eigenvalue weighted by atomic mass is 16.2. The lowest BCUT2D eigenvalue weighted by molar-refractivity contribution is -0.118. The van der Waals surface area contributed by atoms with Gasteiger partial charge in [0, 0.05) is 31.1 Å². The second-order valence-electron chi connectivity index (χ2n) is 6.40. The summed E-state index contributed by atoms with van der Waals surface area (Å²) in [5, 5.41) is 0. The van der Waals surface area contributed by atoms with Crippen LogP contribution in [0.1, 0.15) is 47.2 Å². The van der Waals surface area contributed by atoms with E-state index in [1.165, 1.54) is 24.0 Å². The molecule has 0 unspecified atom stereocenters. The summed E-state index contributed by atoms with van der Waals surface area (Å²) in [7, 11) is 1.75. The van der Waals surface area contributed by atoms with Crippen LogP contribution in [-0.2, 0) is 17.6 Å². The number of para-hydroxylation sites is 1. The van der Waals surface area contributed by atoms with Crippen LogP contribution < -0.4 is 4.90 Å². The van der Waals surface area contributed by atoms with E-state index in [9.17, 15) is 9.59 Å². The SMILES string of the molecule is CN(C(=O)CCC(=O)c1ccc2c(c1)CCCC2)c1ccccc1. The van der Waals surface area contributed by atoms with Gasteiger partial charge in [-0.05, 0) is 55.0 Å². The molecule has 0 radical (unpaired) electrons. The van der Waals surface area contributed by atoms with Crippen molar-refractivity contribution in [2.75, 3.05) is 11.9 Å². The zero-order chi connectivity index (χ0) is 16.9. The molecule has 1 amide bonds. The number of amides is 1. The van der Waals surface area contributed by atoms with E-state index in [1.54, 1.807) is 11.9 Å². The van der Waals surface area contributed by atoms with Gasteiger partial charge in [0.1, 0.15) is 0 Å². The molecule has 0 aromatic heterocycles. The van der Waals surface area contributed by atoms with E-state index in [-0.39, 0.29) is 24.5 Å². The smallest absolute Gasteiger partial charge is 0.227 e. The third-order valence-electron chi connectivity index (χ3n) is 4.75. The minimum Gasteiger partial charge on any atom is -0.315 e. The number of aryl methyl sites for hydroxylation is 2. The van der Waals surface area contributed by atoms with Gasteiger partial charge in [-0.15, -0.1) is 0 Å². The normalized spacial score (nSPS) is 13.2. The standard InChI is InChI=1S/C21H23NO2/c1-22(19-9-3-2-4-10-19)21(24)14-13-20(23)18-12-11-16-7-5-6-8-17(16)15-18/h2-4,9-12,15H,5-8,13-14H2,1H3. The highest BCUT2D eigenvalue weighted by molar-refractivity contribution is 6.00. The van der Waals surface area contributed by atoms with E-state index in [2.05, 4.69) is 6.07 Å². The molecule has 0 N–H and O–H groups in total. The van der Waals surface area contributed by atoms with Crippen molar-refractivity contribution in [3.8, 4) is 0 Å². The monoisotopic (exact) mass is 321 g/mol. The Balaban J connectivity index is 1.60. The first-order chi connectivity index (χ1) is 11.6. The van der Waals surface area contributed by atoms with Crippen LogP contribution in [0, 0.1) is 0 Å². The molecule has 124 valence electrons. The van der Waals surface area contributed by atoms with Gasteiger partial charge in [0.2, 0.25) is 5.91 Å².